The lowest BCUT2D eigenvalue weighted by molar-refractivity contribution is -0.120. The van der Waals surface area contributed by atoms with Crippen LogP contribution >= 0.6 is 11.6 Å². The van der Waals surface area contributed by atoms with Gasteiger partial charge in [0.15, 0.2) is 0 Å². The van der Waals surface area contributed by atoms with Crippen LogP contribution in [-0.4, -0.2) is 27.4 Å². The second kappa shape index (κ2) is 9.36. The summed E-state index contributed by atoms with van der Waals surface area (Å²) in [6.45, 7) is 0.341. The predicted molar refractivity (Wildman–Crippen MR) is 101 cm³/mol. The normalized spacial score (nSPS) is 11.6. The van der Waals surface area contributed by atoms with Gasteiger partial charge in [0.2, 0.25) is 15.9 Å². The molecular weight excluding hydrogens is 360 g/mol. The van der Waals surface area contributed by atoms with Crippen molar-refractivity contribution in [3.05, 3.63) is 76.2 Å². The highest BCUT2D eigenvalue weighted by atomic mass is 35.5. The Hall–Kier alpha value is -2.15. The van der Waals surface area contributed by atoms with Crippen LogP contribution in [0.1, 0.15) is 11.1 Å². The van der Waals surface area contributed by atoms with Crippen molar-refractivity contribution in [3.8, 4) is 0 Å². The van der Waals surface area contributed by atoms with Gasteiger partial charge in [-0.1, -0.05) is 54.1 Å². The molecule has 0 fully saturated rings. The van der Waals surface area contributed by atoms with Crippen LogP contribution in [0.3, 0.4) is 0 Å². The molecule has 7 heteroatoms. The molecule has 0 aromatic heterocycles. The molecule has 0 atom stereocenters. The molecule has 0 heterocycles. The van der Waals surface area contributed by atoms with E-state index in [4.69, 9.17) is 11.6 Å². The minimum Gasteiger partial charge on any atom is -0.355 e. The van der Waals surface area contributed by atoms with Crippen molar-refractivity contribution in [1.82, 2.24) is 10.0 Å². The molecule has 0 spiro atoms. The van der Waals surface area contributed by atoms with Gasteiger partial charge in [-0.3, -0.25) is 4.79 Å². The minimum atomic E-state index is -3.56. The molecule has 0 unspecified atom stereocenters. The largest absolute Gasteiger partial charge is 0.355 e. The van der Waals surface area contributed by atoms with Crippen LogP contribution in [0.15, 0.2) is 60.0 Å². The SMILES string of the molecule is O=C(Cc1ccccc1)NCCNS(=O)(=O)/C=C/c1ccc(Cl)cc1. The number of rotatable bonds is 8. The quantitative estimate of drug-likeness (QED) is 0.693. The van der Waals surface area contributed by atoms with E-state index in [-0.39, 0.29) is 25.4 Å². The van der Waals surface area contributed by atoms with Crippen molar-refractivity contribution in [2.24, 2.45) is 0 Å². The van der Waals surface area contributed by atoms with Crippen molar-refractivity contribution in [2.45, 2.75) is 6.42 Å². The highest BCUT2D eigenvalue weighted by Gasteiger charge is 2.06. The van der Waals surface area contributed by atoms with Gasteiger partial charge in [-0.25, -0.2) is 13.1 Å². The summed E-state index contributed by atoms with van der Waals surface area (Å²) in [6, 6.07) is 16.2. The zero-order valence-corrected chi connectivity index (χ0v) is 15.1. The topological polar surface area (TPSA) is 75.3 Å². The van der Waals surface area contributed by atoms with E-state index in [1.165, 1.54) is 6.08 Å². The van der Waals surface area contributed by atoms with Gasteiger partial charge in [0.1, 0.15) is 0 Å². The van der Waals surface area contributed by atoms with Crippen molar-refractivity contribution >= 4 is 33.6 Å². The van der Waals surface area contributed by atoms with E-state index in [9.17, 15) is 13.2 Å². The number of amides is 1. The molecule has 0 saturated heterocycles. The molecule has 0 bridgehead atoms. The number of hydrogen-bond acceptors (Lipinski definition) is 3. The number of nitrogens with one attached hydrogen (secondary N) is 2. The predicted octanol–water partition coefficient (Wildman–Crippen LogP) is 2.59. The Morgan fingerprint density at radius 2 is 1.68 bits per heavy atom. The summed E-state index contributed by atoms with van der Waals surface area (Å²) < 4.78 is 26.1. The second-order valence-electron chi connectivity index (χ2n) is 5.31. The first-order chi connectivity index (χ1) is 11.9. The standard InChI is InChI=1S/C18H19ClN2O3S/c19-17-8-6-15(7-9-17)10-13-25(23,24)21-12-11-20-18(22)14-16-4-2-1-3-5-16/h1-10,13,21H,11-12,14H2,(H,20,22)/b13-10+. The summed E-state index contributed by atoms with van der Waals surface area (Å²) in [5, 5.41) is 4.35. The van der Waals surface area contributed by atoms with Crippen LogP contribution in [0.2, 0.25) is 5.02 Å². The number of halogens is 1. The molecular formula is C18H19ClN2O3S. The van der Waals surface area contributed by atoms with Gasteiger partial charge in [-0.05, 0) is 29.3 Å². The number of carbonyl (C=O) groups excluding carboxylic acids is 1. The molecule has 0 aliphatic rings. The van der Waals surface area contributed by atoms with Crippen LogP contribution in [-0.2, 0) is 21.2 Å². The van der Waals surface area contributed by atoms with Gasteiger partial charge in [-0.15, -0.1) is 0 Å². The zero-order chi connectivity index (χ0) is 18.1. The van der Waals surface area contributed by atoms with E-state index >= 15 is 0 Å². The Labute approximate surface area is 152 Å². The van der Waals surface area contributed by atoms with E-state index in [0.717, 1.165) is 16.5 Å². The molecule has 0 aliphatic heterocycles. The molecule has 132 valence electrons. The summed E-state index contributed by atoms with van der Waals surface area (Å²) in [5.74, 6) is -0.151. The third-order valence-electron chi connectivity index (χ3n) is 3.27. The Morgan fingerprint density at radius 3 is 2.36 bits per heavy atom. The minimum absolute atomic E-state index is 0.119. The van der Waals surface area contributed by atoms with E-state index in [1.807, 2.05) is 30.3 Å². The fourth-order valence-electron chi connectivity index (χ4n) is 2.03. The van der Waals surface area contributed by atoms with Gasteiger partial charge in [0.05, 0.1) is 6.42 Å². The Balaban J connectivity index is 1.72. The molecule has 2 aromatic rings. The van der Waals surface area contributed by atoms with Crippen LogP contribution in [0, 0.1) is 0 Å². The maximum Gasteiger partial charge on any atom is 0.233 e. The smallest absolute Gasteiger partial charge is 0.233 e. The summed E-state index contributed by atoms with van der Waals surface area (Å²) in [4.78, 5) is 11.8. The first kappa shape index (κ1) is 19.2. The van der Waals surface area contributed by atoms with Crippen molar-refractivity contribution < 1.29 is 13.2 Å². The van der Waals surface area contributed by atoms with Crippen molar-refractivity contribution in [3.63, 3.8) is 0 Å². The summed E-state index contributed by atoms with van der Waals surface area (Å²) in [6.07, 6.45) is 1.75. The molecule has 25 heavy (non-hydrogen) atoms. The van der Waals surface area contributed by atoms with Gasteiger partial charge in [0, 0.05) is 23.5 Å². The first-order valence-electron chi connectivity index (χ1n) is 7.68. The van der Waals surface area contributed by atoms with Gasteiger partial charge < -0.3 is 5.32 Å². The van der Waals surface area contributed by atoms with Crippen molar-refractivity contribution in [2.75, 3.05) is 13.1 Å². The van der Waals surface area contributed by atoms with E-state index < -0.39 is 10.0 Å². The van der Waals surface area contributed by atoms with Gasteiger partial charge in [0.25, 0.3) is 0 Å². The number of hydrogen-bond donors (Lipinski definition) is 2. The summed E-state index contributed by atoms with van der Waals surface area (Å²) >= 11 is 5.77. The molecule has 2 aromatic carbocycles. The van der Waals surface area contributed by atoms with Crippen LogP contribution in [0.4, 0.5) is 0 Å². The zero-order valence-electron chi connectivity index (χ0n) is 13.5. The average molecular weight is 379 g/mol. The Bertz CT molecular complexity index is 819. The third-order valence-corrected chi connectivity index (χ3v) is 4.62. The molecule has 2 N–H and O–H groups in total. The molecule has 0 aliphatic carbocycles. The lowest BCUT2D eigenvalue weighted by Gasteiger charge is -2.06. The fourth-order valence-corrected chi connectivity index (χ4v) is 2.97. The molecule has 0 radical (unpaired) electrons. The van der Waals surface area contributed by atoms with Gasteiger partial charge in [-0.2, -0.15) is 0 Å². The summed E-state index contributed by atoms with van der Waals surface area (Å²) in [5.41, 5.74) is 1.64. The highest BCUT2D eigenvalue weighted by molar-refractivity contribution is 7.92. The first-order valence-corrected chi connectivity index (χ1v) is 9.61. The Kier molecular flexibility index (Phi) is 7.18. The van der Waals surface area contributed by atoms with Gasteiger partial charge >= 0.3 is 0 Å². The van der Waals surface area contributed by atoms with Crippen LogP contribution in [0.25, 0.3) is 6.08 Å². The van der Waals surface area contributed by atoms with E-state index in [0.29, 0.717) is 5.02 Å². The number of benzene rings is 2. The molecule has 2 rings (SSSR count). The lowest BCUT2D eigenvalue weighted by atomic mass is 10.1. The van der Waals surface area contributed by atoms with E-state index in [1.54, 1.807) is 24.3 Å². The third kappa shape index (κ3) is 7.51. The highest BCUT2D eigenvalue weighted by Crippen LogP contribution is 2.11. The van der Waals surface area contributed by atoms with Crippen LogP contribution in [0.5, 0.6) is 0 Å². The Morgan fingerprint density at radius 1 is 1.00 bits per heavy atom. The van der Waals surface area contributed by atoms with E-state index in [2.05, 4.69) is 10.0 Å². The second-order valence-corrected chi connectivity index (χ2v) is 7.39. The number of sulfonamides is 1. The molecule has 1 amide bonds. The monoisotopic (exact) mass is 378 g/mol. The number of carbonyl (C=O) groups is 1. The summed E-state index contributed by atoms with van der Waals surface area (Å²) in [7, 11) is -3.56. The maximum atomic E-state index is 11.9. The van der Waals surface area contributed by atoms with Crippen molar-refractivity contribution in [1.29, 1.82) is 0 Å². The fraction of sp³-hybridized carbons (Fsp3) is 0.167. The molecule has 0 saturated carbocycles. The lowest BCUT2D eigenvalue weighted by Crippen LogP contribution is -2.34. The molecule has 5 nitrogen and oxygen atoms in total. The average Bonchev–Trinajstić information content (AvgIpc) is 2.59. The maximum absolute atomic E-state index is 11.9. The van der Waals surface area contributed by atoms with Crippen LogP contribution < -0.4 is 10.0 Å².